The number of amidine groups is 1. The molecular formula is C9H10N2O2. The summed E-state index contributed by atoms with van der Waals surface area (Å²) in [7, 11) is 0. The zero-order valence-corrected chi connectivity index (χ0v) is 7.25. The molecular weight excluding hydrogens is 168 g/mol. The van der Waals surface area contributed by atoms with Crippen molar-refractivity contribution in [2.45, 2.75) is 13.0 Å². The fourth-order valence-electron chi connectivity index (χ4n) is 0.790. The lowest BCUT2D eigenvalue weighted by molar-refractivity contribution is -0.130. The molecule has 1 unspecified atom stereocenters. The molecule has 1 rings (SSSR count). The second kappa shape index (κ2) is 5.03. The fourth-order valence-corrected chi connectivity index (χ4v) is 0.790. The van der Waals surface area contributed by atoms with E-state index in [4.69, 9.17) is 4.74 Å². The van der Waals surface area contributed by atoms with Crippen molar-refractivity contribution in [2.75, 3.05) is 0 Å². The topological polar surface area (TPSA) is 51.0 Å². The van der Waals surface area contributed by atoms with Gasteiger partial charge in [-0.3, -0.25) is 4.79 Å². The highest BCUT2D eigenvalue weighted by atomic mass is 16.5. The van der Waals surface area contributed by atoms with Gasteiger partial charge in [0.25, 0.3) is 6.47 Å². The molecule has 4 heteroatoms. The number of nitrogens with zero attached hydrogens (tertiary/aromatic N) is 2. The lowest BCUT2D eigenvalue weighted by atomic mass is 10.3. The van der Waals surface area contributed by atoms with Crippen molar-refractivity contribution in [3.05, 3.63) is 24.4 Å². The molecule has 0 fully saturated rings. The number of allylic oxidation sites excluding steroid dienone is 3. The second-order valence-corrected chi connectivity index (χ2v) is 2.37. The minimum absolute atomic E-state index is 0.390. The molecule has 0 aromatic carbocycles. The van der Waals surface area contributed by atoms with Gasteiger partial charge >= 0.3 is 0 Å². The van der Waals surface area contributed by atoms with Crippen molar-refractivity contribution in [2.24, 2.45) is 9.98 Å². The second-order valence-electron chi connectivity index (χ2n) is 2.37. The maximum atomic E-state index is 10.1. The first-order chi connectivity index (χ1) is 6.34. The zero-order valence-electron chi connectivity index (χ0n) is 7.25. The lowest BCUT2D eigenvalue weighted by Gasteiger charge is -2.07. The number of carbonyl (C=O) groups is 1. The molecule has 0 radical (unpaired) electrons. The molecule has 0 saturated carbocycles. The van der Waals surface area contributed by atoms with Crippen LogP contribution in [-0.4, -0.2) is 24.6 Å². The Morgan fingerprint density at radius 1 is 1.46 bits per heavy atom. The van der Waals surface area contributed by atoms with Crippen LogP contribution in [0.2, 0.25) is 0 Å². The maximum Gasteiger partial charge on any atom is 0.293 e. The Kier molecular flexibility index (Phi) is 3.63. The molecule has 0 bridgehead atoms. The van der Waals surface area contributed by atoms with Crippen molar-refractivity contribution in [3.8, 4) is 0 Å². The third kappa shape index (κ3) is 3.02. The van der Waals surface area contributed by atoms with Gasteiger partial charge in [0.15, 0.2) is 11.9 Å². The van der Waals surface area contributed by atoms with Crippen LogP contribution in [-0.2, 0) is 9.53 Å². The fraction of sp³-hybridized carbons (Fsp3) is 0.222. The summed E-state index contributed by atoms with van der Waals surface area (Å²) in [6.07, 6.45) is 8.16. The maximum absolute atomic E-state index is 10.1. The van der Waals surface area contributed by atoms with Crippen molar-refractivity contribution in [3.63, 3.8) is 0 Å². The van der Waals surface area contributed by atoms with E-state index < -0.39 is 6.10 Å². The third-order valence-corrected chi connectivity index (χ3v) is 1.43. The highest BCUT2D eigenvalue weighted by Gasteiger charge is 2.08. The first-order valence-electron chi connectivity index (χ1n) is 3.87. The van der Waals surface area contributed by atoms with E-state index in [0.29, 0.717) is 12.3 Å². The smallest absolute Gasteiger partial charge is 0.293 e. The van der Waals surface area contributed by atoms with Crippen molar-refractivity contribution in [1.82, 2.24) is 0 Å². The van der Waals surface area contributed by atoms with Crippen LogP contribution < -0.4 is 0 Å². The molecule has 4 nitrogen and oxygen atoms in total. The first kappa shape index (κ1) is 9.38. The first-order valence-corrected chi connectivity index (χ1v) is 3.87. The van der Waals surface area contributed by atoms with E-state index in [-0.39, 0.29) is 0 Å². The molecule has 0 saturated heterocycles. The number of hydrogen-bond donors (Lipinski definition) is 0. The van der Waals surface area contributed by atoms with E-state index >= 15 is 0 Å². The van der Waals surface area contributed by atoms with Gasteiger partial charge in [-0.2, -0.15) is 0 Å². The Morgan fingerprint density at radius 2 is 2.31 bits per heavy atom. The van der Waals surface area contributed by atoms with Gasteiger partial charge in [-0.05, 0) is 19.1 Å². The largest absolute Gasteiger partial charge is 0.457 e. The van der Waals surface area contributed by atoms with Crippen molar-refractivity contribution in [1.29, 1.82) is 0 Å². The molecule has 13 heavy (non-hydrogen) atoms. The molecule has 1 aliphatic rings. The van der Waals surface area contributed by atoms with E-state index in [2.05, 4.69) is 9.98 Å². The number of hydrogen-bond acceptors (Lipinski definition) is 4. The lowest BCUT2D eigenvalue weighted by Crippen LogP contribution is -2.18. The average Bonchev–Trinajstić information content (AvgIpc) is 2.03. The predicted octanol–water partition coefficient (Wildman–Crippen LogP) is 1.10. The summed E-state index contributed by atoms with van der Waals surface area (Å²) in [5.74, 6) is 0.479. The Hall–Kier alpha value is -1.71. The van der Waals surface area contributed by atoms with Crippen LogP contribution in [0.4, 0.5) is 0 Å². The van der Waals surface area contributed by atoms with Gasteiger partial charge in [-0.1, -0.05) is 6.08 Å². The number of aliphatic imine (C=N–C) groups is 2. The van der Waals surface area contributed by atoms with E-state index in [1.807, 2.05) is 6.08 Å². The number of rotatable bonds is 3. The van der Waals surface area contributed by atoms with Crippen LogP contribution >= 0.6 is 0 Å². The number of ether oxygens (including phenoxy) is 1. The van der Waals surface area contributed by atoms with E-state index in [9.17, 15) is 4.79 Å². The Morgan fingerprint density at radius 3 is 3.08 bits per heavy atom. The summed E-state index contributed by atoms with van der Waals surface area (Å²) in [4.78, 5) is 18.1. The Labute approximate surface area is 76.3 Å². The monoisotopic (exact) mass is 178 g/mol. The molecule has 1 atom stereocenters. The van der Waals surface area contributed by atoms with Crippen LogP contribution in [0, 0.1) is 0 Å². The minimum atomic E-state index is -0.412. The van der Waals surface area contributed by atoms with Crippen molar-refractivity contribution < 1.29 is 9.53 Å². The average molecular weight is 178 g/mol. The minimum Gasteiger partial charge on any atom is -0.457 e. The molecule has 0 aromatic heterocycles. The predicted molar refractivity (Wildman–Crippen MR) is 50.8 cm³/mol. The van der Waals surface area contributed by atoms with E-state index in [0.717, 1.165) is 0 Å². The summed E-state index contributed by atoms with van der Waals surface area (Å²) < 4.78 is 4.69. The van der Waals surface area contributed by atoms with Gasteiger partial charge in [0.1, 0.15) is 0 Å². The van der Waals surface area contributed by atoms with Crippen LogP contribution in [0.25, 0.3) is 0 Å². The van der Waals surface area contributed by atoms with E-state index in [1.54, 1.807) is 31.5 Å². The summed E-state index contributed by atoms with van der Waals surface area (Å²) >= 11 is 0. The molecule has 0 N–H and O–H groups in total. The Balaban J connectivity index is 2.71. The van der Waals surface area contributed by atoms with Crippen LogP contribution in [0.3, 0.4) is 0 Å². The van der Waals surface area contributed by atoms with Crippen molar-refractivity contribution >= 4 is 18.5 Å². The van der Waals surface area contributed by atoms with Gasteiger partial charge < -0.3 is 4.74 Å². The molecule has 0 spiro atoms. The molecule has 0 aromatic rings. The quantitative estimate of drug-likeness (QED) is 0.607. The van der Waals surface area contributed by atoms with Gasteiger partial charge in [-0.25, -0.2) is 9.98 Å². The summed E-state index contributed by atoms with van der Waals surface area (Å²) in [5.41, 5.74) is 0. The summed E-state index contributed by atoms with van der Waals surface area (Å²) in [6.45, 7) is 2.10. The summed E-state index contributed by atoms with van der Waals surface area (Å²) in [6, 6.07) is 0. The third-order valence-electron chi connectivity index (χ3n) is 1.43. The van der Waals surface area contributed by atoms with Crippen LogP contribution in [0.5, 0.6) is 0 Å². The SMILES string of the molecule is CC(OC=O)C1=NC=CC=CC=N1. The molecule has 68 valence electrons. The van der Waals surface area contributed by atoms with E-state index in [1.165, 1.54) is 0 Å². The number of carbonyl (C=O) groups excluding carboxylic acids is 1. The molecule has 0 amide bonds. The van der Waals surface area contributed by atoms with Gasteiger partial charge in [-0.15, -0.1) is 0 Å². The highest BCUT2D eigenvalue weighted by molar-refractivity contribution is 5.96. The Bertz CT molecular complexity index is 290. The van der Waals surface area contributed by atoms with Gasteiger partial charge in [0.05, 0.1) is 0 Å². The molecule has 0 aliphatic carbocycles. The van der Waals surface area contributed by atoms with Gasteiger partial charge in [0, 0.05) is 12.4 Å². The summed E-state index contributed by atoms with van der Waals surface area (Å²) in [5, 5.41) is 0. The highest BCUT2D eigenvalue weighted by Crippen LogP contribution is 1.97. The standard InChI is InChI=1S/C9H10N2O2/c1-8(13-7-12)9-10-5-3-2-4-6-11-9/h2-8H,1H3. The molecule has 1 aliphatic heterocycles. The van der Waals surface area contributed by atoms with Crippen LogP contribution in [0.1, 0.15) is 6.92 Å². The normalized spacial score (nSPS) is 17.2. The molecule has 1 heterocycles. The van der Waals surface area contributed by atoms with Gasteiger partial charge in [0.2, 0.25) is 0 Å². The van der Waals surface area contributed by atoms with Crippen LogP contribution in [0.15, 0.2) is 34.4 Å². The zero-order chi connectivity index (χ0) is 9.52.